The smallest absolute Gasteiger partial charge is 0.182 e. The first-order chi connectivity index (χ1) is 10.3. The fraction of sp³-hybridized carbons (Fsp3) is 0.471. The molecule has 0 saturated carbocycles. The number of aliphatic hydroxyl groups is 1. The largest absolute Gasteiger partial charge is 0.396 e. The lowest BCUT2D eigenvalue weighted by molar-refractivity contribution is 0.0590. The number of nitrogens with zero attached hydrogens (tertiary/aromatic N) is 1. The normalized spacial score (nSPS) is 28.4. The van der Waals surface area contributed by atoms with Crippen LogP contribution in [0, 0.1) is 11.8 Å². The summed E-state index contributed by atoms with van der Waals surface area (Å²) in [6, 6.07) is 8.16. The summed E-state index contributed by atoms with van der Waals surface area (Å²) in [6.07, 6.45) is 1.64. The summed E-state index contributed by atoms with van der Waals surface area (Å²) in [5.41, 5.74) is 3.01. The van der Waals surface area contributed by atoms with E-state index in [-0.39, 0.29) is 24.2 Å². The van der Waals surface area contributed by atoms with Crippen LogP contribution in [-0.4, -0.2) is 40.5 Å². The van der Waals surface area contributed by atoms with Gasteiger partial charge in [0.15, 0.2) is 5.78 Å². The second-order valence-electron chi connectivity index (χ2n) is 6.29. The van der Waals surface area contributed by atoms with Crippen molar-refractivity contribution in [1.82, 2.24) is 9.88 Å². The van der Waals surface area contributed by atoms with Gasteiger partial charge in [-0.1, -0.05) is 18.2 Å². The molecule has 110 valence electrons. The number of piperidine rings is 1. The molecule has 1 aromatic carbocycles. The van der Waals surface area contributed by atoms with E-state index in [0.29, 0.717) is 0 Å². The predicted octanol–water partition coefficient (Wildman–Crippen LogP) is 2.18. The SMILES string of the molecule is O=C1c2[nH]c3ccccc3c2CN2CCC1C(CCO)C2. The number of carbonyl (C=O) groups is 1. The first-order valence-corrected chi connectivity index (χ1v) is 7.75. The van der Waals surface area contributed by atoms with E-state index < -0.39 is 0 Å². The number of ketones is 1. The first kappa shape index (κ1) is 13.0. The van der Waals surface area contributed by atoms with Crippen molar-refractivity contribution >= 4 is 16.7 Å². The molecule has 3 aliphatic heterocycles. The van der Waals surface area contributed by atoms with Crippen LogP contribution in [0.15, 0.2) is 24.3 Å². The first-order valence-electron chi connectivity index (χ1n) is 7.75. The van der Waals surface area contributed by atoms with Crippen LogP contribution in [0.1, 0.15) is 28.9 Å². The number of hydrogen-bond donors (Lipinski definition) is 2. The molecule has 3 aliphatic rings. The van der Waals surface area contributed by atoms with Crippen molar-refractivity contribution < 1.29 is 9.90 Å². The van der Waals surface area contributed by atoms with Crippen LogP contribution in [0.25, 0.3) is 10.9 Å². The molecule has 4 heterocycles. The highest BCUT2D eigenvalue weighted by Crippen LogP contribution is 2.36. The molecular weight excluding hydrogens is 264 g/mol. The van der Waals surface area contributed by atoms with Crippen LogP contribution in [-0.2, 0) is 6.54 Å². The minimum absolute atomic E-state index is 0.0560. The van der Waals surface area contributed by atoms with E-state index >= 15 is 0 Å². The number of Topliss-reactive ketones (excluding diaryl/α,β-unsaturated/α-hetero) is 1. The molecule has 2 N–H and O–H groups in total. The minimum Gasteiger partial charge on any atom is -0.396 e. The maximum atomic E-state index is 13.0. The molecule has 2 aromatic rings. The third kappa shape index (κ3) is 2.01. The highest BCUT2D eigenvalue weighted by Gasteiger charge is 2.38. The number of H-pyrrole nitrogens is 1. The topological polar surface area (TPSA) is 56.3 Å². The van der Waals surface area contributed by atoms with Crippen molar-refractivity contribution in [2.24, 2.45) is 11.8 Å². The molecule has 2 bridgehead atoms. The van der Waals surface area contributed by atoms with Gasteiger partial charge in [0.1, 0.15) is 0 Å². The van der Waals surface area contributed by atoms with E-state index in [9.17, 15) is 9.90 Å². The maximum absolute atomic E-state index is 13.0. The van der Waals surface area contributed by atoms with Crippen molar-refractivity contribution in [3.8, 4) is 0 Å². The average Bonchev–Trinajstić information content (AvgIpc) is 2.84. The Labute approximate surface area is 123 Å². The Morgan fingerprint density at radius 2 is 2.19 bits per heavy atom. The summed E-state index contributed by atoms with van der Waals surface area (Å²) in [4.78, 5) is 18.7. The Bertz CT molecular complexity index is 691. The van der Waals surface area contributed by atoms with Crippen molar-refractivity contribution in [3.05, 3.63) is 35.5 Å². The van der Waals surface area contributed by atoms with E-state index in [2.05, 4.69) is 16.0 Å². The maximum Gasteiger partial charge on any atom is 0.182 e. The Hall–Kier alpha value is -1.65. The van der Waals surface area contributed by atoms with Gasteiger partial charge in [0.05, 0.1) is 5.69 Å². The molecule has 3 atom stereocenters. The molecule has 0 radical (unpaired) electrons. The van der Waals surface area contributed by atoms with Crippen molar-refractivity contribution in [2.75, 3.05) is 19.7 Å². The number of aromatic nitrogens is 1. The number of fused-ring (bicyclic) bond motifs is 3. The zero-order chi connectivity index (χ0) is 14.4. The zero-order valence-corrected chi connectivity index (χ0v) is 12.0. The standard InChI is InChI=1S/C17H20N2O2/c20-8-6-11-9-19-7-5-12(11)17(21)16-14(10-19)13-3-1-2-4-15(13)18-16/h1-4,11-12,18,20H,5-10H2. The molecule has 1 saturated heterocycles. The number of carbonyl (C=O) groups excluding carboxylic acids is 1. The Morgan fingerprint density at radius 1 is 1.33 bits per heavy atom. The van der Waals surface area contributed by atoms with Crippen molar-refractivity contribution in [2.45, 2.75) is 19.4 Å². The second-order valence-corrected chi connectivity index (χ2v) is 6.29. The van der Waals surface area contributed by atoms with Crippen LogP contribution in [0.2, 0.25) is 0 Å². The second kappa shape index (κ2) is 4.97. The molecule has 1 fully saturated rings. The lowest BCUT2D eigenvalue weighted by Crippen LogP contribution is -2.45. The number of rotatable bonds is 2. The van der Waals surface area contributed by atoms with E-state index in [4.69, 9.17) is 0 Å². The fourth-order valence-corrected chi connectivity index (χ4v) is 4.04. The summed E-state index contributed by atoms with van der Waals surface area (Å²) in [5, 5.41) is 10.4. The number of nitrogens with one attached hydrogen (secondary N) is 1. The van der Waals surface area contributed by atoms with Gasteiger partial charge >= 0.3 is 0 Å². The van der Waals surface area contributed by atoms with Gasteiger partial charge in [-0.15, -0.1) is 0 Å². The monoisotopic (exact) mass is 284 g/mol. The van der Waals surface area contributed by atoms with Crippen LogP contribution in [0.3, 0.4) is 0 Å². The van der Waals surface area contributed by atoms with Gasteiger partial charge in [-0.05, 0) is 31.4 Å². The van der Waals surface area contributed by atoms with Crippen LogP contribution in [0.5, 0.6) is 0 Å². The molecule has 0 aliphatic carbocycles. The Balaban J connectivity index is 1.84. The number of hydrogen-bond acceptors (Lipinski definition) is 3. The summed E-state index contributed by atoms with van der Waals surface area (Å²) < 4.78 is 0. The summed E-state index contributed by atoms with van der Waals surface area (Å²) in [7, 11) is 0. The molecular formula is C17H20N2O2. The van der Waals surface area contributed by atoms with Gasteiger partial charge < -0.3 is 10.1 Å². The molecule has 5 rings (SSSR count). The third-order valence-corrected chi connectivity index (χ3v) is 5.10. The summed E-state index contributed by atoms with van der Waals surface area (Å²) in [5.74, 6) is 0.593. The highest BCUT2D eigenvalue weighted by molar-refractivity contribution is 6.03. The van der Waals surface area contributed by atoms with E-state index in [1.807, 2.05) is 18.2 Å². The fourth-order valence-electron chi connectivity index (χ4n) is 4.04. The van der Waals surface area contributed by atoms with E-state index in [0.717, 1.165) is 49.2 Å². The Morgan fingerprint density at radius 3 is 3.05 bits per heavy atom. The van der Waals surface area contributed by atoms with Gasteiger partial charge in [0, 0.05) is 42.1 Å². The lowest BCUT2D eigenvalue weighted by atomic mass is 9.77. The Kier molecular flexibility index (Phi) is 3.08. The van der Waals surface area contributed by atoms with Gasteiger partial charge in [-0.25, -0.2) is 0 Å². The molecule has 3 unspecified atom stereocenters. The van der Waals surface area contributed by atoms with Crippen LogP contribution < -0.4 is 0 Å². The van der Waals surface area contributed by atoms with E-state index in [1.54, 1.807) is 0 Å². The number of aromatic amines is 1. The van der Waals surface area contributed by atoms with E-state index in [1.165, 1.54) is 5.39 Å². The van der Waals surface area contributed by atoms with Crippen molar-refractivity contribution in [1.29, 1.82) is 0 Å². The van der Waals surface area contributed by atoms with Gasteiger partial charge in [0.2, 0.25) is 0 Å². The molecule has 0 amide bonds. The molecule has 0 spiro atoms. The van der Waals surface area contributed by atoms with Gasteiger partial charge in [-0.2, -0.15) is 0 Å². The van der Waals surface area contributed by atoms with Gasteiger partial charge in [0.25, 0.3) is 0 Å². The zero-order valence-electron chi connectivity index (χ0n) is 12.0. The van der Waals surface area contributed by atoms with Gasteiger partial charge in [-0.3, -0.25) is 9.69 Å². The summed E-state index contributed by atoms with van der Waals surface area (Å²) in [6.45, 7) is 2.91. The number of para-hydroxylation sites is 1. The van der Waals surface area contributed by atoms with Crippen LogP contribution in [0.4, 0.5) is 0 Å². The molecule has 4 nitrogen and oxygen atoms in total. The van der Waals surface area contributed by atoms with Crippen molar-refractivity contribution in [3.63, 3.8) is 0 Å². The quantitative estimate of drug-likeness (QED) is 0.888. The molecule has 4 heteroatoms. The summed E-state index contributed by atoms with van der Waals surface area (Å²) >= 11 is 0. The van der Waals surface area contributed by atoms with Crippen LogP contribution >= 0.6 is 0 Å². The predicted molar refractivity (Wildman–Crippen MR) is 81.2 cm³/mol. The number of benzene rings is 1. The number of aliphatic hydroxyl groups excluding tert-OH is 1. The third-order valence-electron chi connectivity index (χ3n) is 5.10. The highest BCUT2D eigenvalue weighted by atomic mass is 16.3. The molecule has 21 heavy (non-hydrogen) atoms. The molecule has 1 aromatic heterocycles. The average molecular weight is 284 g/mol. The minimum atomic E-state index is 0.0560. The lowest BCUT2D eigenvalue weighted by Gasteiger charge is -2.40.